The maximum absolute atomic E-state index is 11.1. The van der Waals surface area contributed by atoms with Gasteiger partial charge in [0.1, 0.15) is 0 Å². The molecule has 14 heavy (non-hydrogen) atoms. The highest BCUT2D eigenvalue weighted by Crippen LogP contribution is 2.32. The van der Waals surface area contributed by atoms with Crippen molar-refractivity contribution in [2.75, 3.05) is 7.11 Å². The molecule has 0 bridgehead atoms. The number of carbonyl (C=O) groups is 1. The first-order valence-electron chi connectivity index (χ1n) is 4.64. The number of hydrogen-bond donors (Lipinski definition) is 1. The molecule has 4 heteroatoms. The first kappa shape index (κ1) is 9.27. The Morgan fingerprint density at radius 1 is 1.64 bits per heavy atom. The summed E-state index contributed by atoms with van der Waals surface area (Å²) in [5, 5.41) is 9.14. The van der Waals surface area contributed by atoms with E-state index in [1.54, 1.807) is 12.3 Å². The van der Waals surface area contributed by atoms with Gasteiger partial charge in [-0.3, -0.25) is 0 Å². The zero-order chi connectivity index (χ0) is 10.1. The van der Waals surface area contributed by atoms with Crippen molar-refractivity contribution in [1.29, 1.82) is 0 Å². The van der Waals surface area contributed by atoms with Crippen LogP contribution in [-0.2, 0) is 4.74 Å². The smallest absolute Gasteiger partial charge is 0.339 e. The van der Waals surface area contributed by atoms with Crippen LogP contribution in [0.5, 0.6) is 0 Å². The predicted molar refractivity (Wildman–Crippen MR) is 50.0 cm³/mol. The third kappa shape index (κ3) is 1.53. The maximum Gasteiger partial charge on any atom is 0.339 e. The van der Waals surface area contributed by atoms with Crippen LogP contribution in [0.2, 0.25) is 0 Å². The summed E-state index contributed by atoms with van der Waals surface area (Å²) in [5.41, 5.74) is 0.564. The van der Waals surface area contributed by atoms with Gasteiger partial charge in [-0.25, -0.2) is 4.79 Å². The minimum Gasteiger partial charge on any atom is -0.465 e. The molecule has 1 fully saturated rings. The van der Waals surface area contributed by atoms with E-state index in [4.69, 9.17) is 5.11 Å². The van der Waals surface area contributed by atoms with E-state index in [1.807, 2.05) is 10.8 Å². The minimum atomic E-state index is -0.316. The average Bonchev–Trinajstić information content (AvgIpc) is 2.60. The zero-order valence-corrected chi connectivity index (χ0v) is 8.01. The van der Waals surface area contributed by atoms with Crippen LogP contribution in [0.3, 0.4) is 0 Å². The standard InChI is InChI=1S/C10H13NO3/c1-14-10(13)7-2-3-11(6-7)8-4-9(12)5-8/h2-3,6,8-9,12H,4-5H2,1H3/t8-,9-. The largest absolute Gasteiger partial charge is 0.465 e. The van der Waals surface area contributed by atoms with Crippen molar-refractivity contribution in [2.45, 2.75) is 25.0 Å². The lowest BCUT2D eigenvalue weighted by Gasteiger charge is -2.32. The van der Waals surface area contributed by atoms with Crippen LogP contribution in [0.25, 0.3) is 0 Å². The Labute approximate surface area is 82.1 Å². The van der Waals surface area contributed by atoms with E-state index < -0.39 is 0 Å². The van der Waals surface area contributed by atoms with Gasteiger partial charge in [-0.2, -0.15) is 0 Å². The number of hydrogen-bond acceptors (Lipinski definition) is 3. The molecule has 2 rings (SSSR count). The molecule has 0 saturated heterocycles. The summed E-state index contributed by atoms with van der Waals surface area (Å²) in [5.74, 6) is -0.316. The van der Waals surface area contributed by atoms with Crippen LogP contribution in [0, 0.1) is 0 Å². The molecule has 76 valence electrons. The van der Waals surface area contributed by atoms with Gasteiger partial charge in [0.05, 0.1) is 18.8 Å². The molecule has 1 aromatic heterocycles. The van der Waals surface area contributed by atoms with Crippen molar-refractivity contribution in [3.05, 3.63) is 24.0 Å². The number of methoxy groups -OCH3 is 1. The summed E-state index contributed by atoms with van der Waals surface area (Å²) in [6, 6.07) is 2.07. The molecule has 0 aliphatic heterocycles. The van der Waals surface area contributed by atoms with Gasteiger partial charge in [0.2, 0.25) is 0 Å². The Balaban J connectivity index is 2.07. The fourth-order valence-electron chi connectivity index (χ4n) is 1.68. The number of nitrogens with zero attached hydrogens (tertiary/aromatic N) is 1. The van der Waals surface area contributed by atoms with Gasteiger partial charge in [0, 0.05) is 18.4 Å². The monoisotopic (exact) mass is 195 g/mol. The Morgan fingerprint density at radius 3 is 2.93 bits per heavy atom. The first-order valence-corrected chi connectivity index (χ1v) is 4.64. The summed E-state index contributed by atoms with van der Waals surface area (Å²) in [6.07, 6.45) is 4.99. The van der Waals surface area contributed by atoms with Gasteiger partial charge in [-0.1, -0.05) is 0 Å². The van der Waals surface area contributed by atoms with Gasteiger partial charge < -0.3 is 14.4 Å². The van der Waals surface area contributed by atoms with Crippen LogP contribution in [-0.4, -0.2) is 28.9 Å². The van der Waals surface area contributed by atoms with Gasteiger partial charge in [-0.15, -0.1) is 0 Å². The second-order valence-electron chi connectivity index (χ2n) is 3.62. The molecule has 0 aromatic carbocycles. The van der Waals surface area contributed by atoms with E-state index in [-0.39, 0.29) is 12.1 Å². The summed E-state index contributed by atoms with van der Waals surface area (Å²) < 4.78 is 6.56. The van der Waals surface area contributed by atoms with Crippen molar-refractivity contribution in [3.8, 4) is 0 Å². The second kappa shape index (κ2) is 3.46. The number of aromatic nitrogens is 1. The molecular formula is C10H13NO3. The summed E-state index contributed by atoms with van der Waals surface area (Å²) >= 11 is 0. The number of carbonyl (C=O) groups excluding carboxylic acids is 1. The van der Waals surface area contributed by atoms with Crippen molar-refractivity contribution >= 4 is 5.97 Å². The molecule has 0 amide bonds. The van der Waals surface area contributed by atoms with Gasteiger partial charge in [0.25, 0.3) is 0 Å². The Kier molecular flexibility index (Phi) is 2.29. The van der Waals surface area contributed by atoms with Gasteiger partial charge >= 0.3 is 5.97 Å². The van der Waals surface area contributed by atoms with E-state index in [9.17, 15) is 4.79 Å². The van der Waals surface area contributed by atoms with E-state index in [0.29, 0.717) is 11.6 Å². The predicted octanol–water partition coefficient (Wildman–Crippen LogP) is 0.970. The zero-order valence-electron chi connectivity index (χ0n) is 8.01. The molecule has 1 aliphatic carbocycles. The van der Waals surface area contributed by atoms with Crippen molar-refractivity contribution in [1.82, 2.24) is 4.57 Å². The topological polar surface area (TPSA) is 51.5 Å². The normalized spacial score (nSPS) is 25.6. The van der Waals surface area contributed by atoms with Gasteiger partial charge in [-0.05, 0) is 18.9 Å². The lowest BCUT2D eigenvalue weighted by atomic mass is 9.89. The van der Waals surface area contributed by atoms with Crippen molar-refractivity contribution in [3.63, 3.8) is 0 Å². The highest BCUT2D eigenvalue weighted by molar-refractivity contribution is 5.89. The molecule has 1 saturated carbocycles. The third-order valence-electron chi connectivity index (χ3n) is 2.65. The SMILES string of the molecule is COC(=O)c1ccn([C@H]2C[C@H](O)C2)c1. The molecule has 0 atom stereocenters. The Morgan fingerprint density at radius 2 is 2.36 bits per heavy atom. The highest BCUT2D eigenvalue weighted by atomic mass is 16.5. The van der Waals surface area contributed by atoms with E-state index in [1.165, 1.54) is 7.11 Å². The van der Waals surface area contributed by atoms with Crippen LogP contribution < -0.4 is 0 Å². The lowest BCUT2D eigenvalue weighted by molar-refractivity contribution is 0.0485. The number of aliphatic hydroxyl groups excluding tert-OH is 1. The average molecular weight is 195 g/mol. The maximum atomic E-state index is 11.1. The molecule has 0 unspecified atom stereocenters. The highest BCUT2D eigenvalue weighted by Gasteiger charge is 2.28. The summed E-state index contributed by atoms with van der Waals surface area (Å²) in [6.45, 7) is 0. The molecule has 0 radical (unpaired) electrons. The number of ether oxygens (including phenoxy) is 1. The molecule has 1 N–H and O–H groups in total. The fraction of sp³-hybridized carbons (Fsp3) is 0.500. The van der Waals surface area contributed by atoms with Crippen LogP contribution in [0.15, 0.2) is 18.5 Å². The number of rotatable bonds is 2. The quantitative estimate of drug-likeness (QED) is 0.715. The van der Waals surface area contributed by atoms with Gasteiger partial charge in [0.15, 0.2) is 0 Å². The van der Waals surface area contributed by atoms with E-state index in [0.717, 1.165) is 12.8 Å². The number of esters is 1. The Hall–Kier alpha value is -1.29. The van der Waals surface area contributed by atoms with E-state index >= 15 is 0 Å². The Bertz CT molecular complexity index is 339. The molecular weight excluding hydrogens is 182 g/mol. The first-order chi connectivity index (χ1) is 6.70. The van der Waals surface area contributed by atoms with Crippen LogP contribution in [0.4, 0.5) is 0 Å². The molecule has 4 nitrogen and oxygen atoms in total. The van der Waals surface area contributed by atoms with E-state index in [2.05, 4.69) is 4.74 Å². The van der Waals surface area contributed by atoms with Crippen LogP contribution >= 0.6 is 0 Å². The molecule has 0 spiro atoms. The summed E-state index contributed by atoms with van der Waals surface area (Å²) in [7, 11) is 1.37. The lowest BCUT2D eigenvalue weighted by Crippen LogP contribution is -2.30. The minimum absolute atomic E-state index is 0.177. The molecule has 1 heterocycles. The fourth-order valence-corrected chi connectivity index (χ4v) is 1.68. The second-order valence-corrected chi connectivity index (χ2v) is 3.62. The third-order valence-corrected chi connectivity index (χ3v) is 2.65. The number of aliphatic hydroxyl groups is 1. The van der Waals surface area contributed by atoms with Crippen molar-refractivity contribution < 1.29 is 14.6 Å². The van der Waals surface area contributed by atoms with Crippen LogP contribution in [0.1, 0.15) is 29.2 Å². The van der Waals surface area contributed by atoms with Crippen molar-refractivity contribution in [2.24, 2.45) is 0 Å². The summed E-state index contributed by atoms with van der Waals surface area (Å²) in [4.78, 5) is 11.1. The molecule has 1 aromatic rings. The molecule has 1 aliphatic rings.